The van der Waals surface area contributed by atoms with E-state index in [2.05, 4.69) is 16.6 Å². The smallest absolute Gasteiger partial charge is 0.322 e. The molecule has 2 atom stereocenters. The van der Waals surface area contributed by atoms with Crippen LogP contribution in [0.4, 0.5) is 0 Å². The molecule has 0 saturated carbocycles. The standard InChI is InChI=1S/C12H26N2O4/c1-10(9-17-3)14(7-8-16-2)6-5-11(13)12(15)18-4/h10-11H,5-9,13H2,1-4H3. The third-order valence-corrected chi connectivity index (χ3v) is 2.85. The van der Waals surface area contributed by atoms with E-state index < -0.39 is 6.04 Å². The SMILES string of the molecule is COCCN(CCC(N)C(=O)OC)C(C)COC. The minimum atomic E-state index is -0.574. The van der Waals surface area contributed by atoms with Crippen molar-refractivity contribution in [2.75, 3.05) is 47.6 Å². The zero-order valence-electron chi connectivity index (χ0n) is 11.8. The fraction of sp³-hybridized carbons (Fsp3) is 0.917. The largest absolute Gasteiger partial charge is 0.468 e. The number of hydrogen-bond donors (Lipinski definition) is 1. The average molecular weight is 262 g/mol. The van der Waals surface area contributed by atoms with Gasteiger partial charge < -0.3 is 19.9 Å². The highest BCUT2D eigenvalue weighted by Gasteiger charge is 2.18. The van der Waals surface area contributed by atoms with E-state index in [0.717, 1.165) is 6.54 Å². The molecule has 6 nitrogen and oxygen atoms in total. The van der Waals surface area contributed by atoms with Gasteiger partial charge in [-0.15, -0.1) is 0 Å². The molecule has 2 unspecified atom stereocenters. The van der Waals surface area contributed by atoms with Crippen LogP contribution in [0.2, 0.25) is 0 Å². The lowest BCUT2D eigenvalue weighted by molar-refractivity contribution is -0.142. The van der Waals surface area contributed by atoms with Crippen molar-refractivity contribution < 1.29 is 19.0 Å². The molecule has 0 saturated heterocycles. The number of nitrogens with zero attached hydrogens (tertiary/aromatic N) is 1. The van der Waals surface area contributed by atoms with Crippen molar-refractivity contribution >= 4 is 5.97 Å². The van der Waals surface area contributed by atoms with Crippen molar-refractivity contribution in [3.05, 3.63) is 0 Å². The highest BCUT2D eigenvalue weighted by Crippen LogP contribution is 2.03. The second-order valence-electron chi connectivity index (χ2n) is 4.25. The normalized spacial score (nSPS) is 14.6. The summed E-state index contributed by atoms with van der Waals surface area (Å²) < 4.78 is 14.8. The first-order chi connectivity index (χ1) is 8.56. The lowest BCUT2D eigenvalue weighted by Crippen LogP contribution is -2.42. The molecule has 0 heterocycles. The Labute approximate surface area is 109 Å². The summed E-state index contributed by atoms with van der Waals surface area (Å²) in [5.74, 6) is -0.374. The predicted octanol–water partition coefficient (Wildman–Crippen LogP) is -0.140. The first-order valence-electron chi connectivity index (χ1n) is 6.12. The molecule has 0 aromatic heterocycles. The van der Waals surface area contributed by atoms with Crippen LogP contribution in [0.3, 0.4) is 0 Å². The molecule has 0 aromatic carbocycles. The van der Waals surface area contributed by atoms with Crippen LogP contribution in [0, 0.1) is 0 Å². The Hall–Kier alpha value is -0.690. The van der Waals surface area contributed by atoms with Gasteiger partial charge in [0, 0.05) is 33.4 Å². The monoisotopic (exact) mass is 262 g/mol. The van der Waals surface area contributed by atoms with E-state index in [0.29, 0.717) is 26.2 Å². The second kappa shape index (κ2) is 10.3. The predicted molar refractivity (Wildman–Crippen MR) is 69.4 cm³/mol. The van der Waals surface area contributed by atoms with Crippen molar-refractivity contribution in [2.24, 2.45) is 5.73 Å². The molecule has 18 heavy (non-hydrogen) atoms. The van der Waals surface area contributed by atoms with Crippen molar-refractivity contribution in [1.82, 2.24) is 4.90 Å². The second-order valence-corrected chi connectivity index (χ2v) is 4.25. The molecular weight excluding hydrogens is 236 g/mol. The topological polar surface area (TPSA) is 74.0 Å². The molecule has 0 aromatic rings. The first kappa shape index (κ1) is 17.3. The summed E-state index contributed by atoms with van der Waals surface area (Å²) in [6.07, 6.45) is 0.560. The lowest BCUT2D eigenvalue weighted by Gasteiger charge is -2.29. The number of hydrogen-bond acceptors (Lipinski definition) is 6. The van der Waals surface area contributed by atoms with Gasteiger partial charge in [0.2, 0.25) is 0 Å². The minimum Gasteiger partial charge on any atom is -0.468 e. The third-order valence-electron chi connectivity index (χ3n) is 2.85. The van der Waals surface area contributed by atoms with Crippen molar-refractivity contribution in [2.45, 2.75) is 25.4 Å². The van der Waals surface area contributed by atoms with Crippen LogP contribution in [0.1, 0.15) is 13.3 Å². The van der Waals surface area contributed by atoms with Crippen LogP contribution in [0.5, 0.6) is 0 Å². The van der Waals surface area contributed by atoms with E-state index in [1.807, 2.05) is 0 Å². The summed E-state index contributed by atoms with van der Waals surface area (Å²) in [7, 11) is 4.68. The van der Waals surface area contributed by atoms with E-state index in [9.17, 15) is 4.79 Å². The number of esters is 1. The molecule has 0 aliphatic heterocycles. The van der Waals surface area contributed by atoms with Crippen LogP contribution in [0.25, 0.3) is 0 Å². The fourth-order valence-corrected chi connectivity index (χ4v) is 1.68. The highest BCUT2D eigenvalue weighted by atomic mass is 16.5. The average Bonchev–Trinajstić information content (AvgIpc) is 2.37. The van der Waals surface area contributed by atoms with Crippen LogP contribution in [-0.4, -0.2) is 70.6 Å². The highest BCUT2D eigenvalue weighted by molar-refractivity contribution is 5.75. The zero-order chi connectivity index (χ0) is 14.0. The summed E-state index contributed by atoms with van der Waals surface area (Å²) in [6.45, 7) is 4.85. The van der Waals surface area contributed by atoms with Gasteiger partial charge in [0.05, 0.1) is 20.3 Å². The Morgan fingerprint density at radius 2 is 1.89 bits per heavy atom. The molecular formula is C12H26N2O4. The molecule has 0 radical (unpaired) electrons. The summed E-state index contributed by atoms with van der Waals surface area (Å²) in [5.41, 5.74) is 5.72. The number of ether oxygens (including phenoxy) is 3. The van der Waals surface area contributed by atoms with Gasteiger partial charge in [-0.25, -0.2) is 0 Å². The van der Waals surface area contributed by atoms with E-state index in [1.54, 1.807) is 14.2 Å². The Morgan fingerprint density at radius 1 is 1.22 bits per heavy atom. The van der Waals surface area contributed by atoms with E-state index in [1.165, 1.54) is 7.11 Å². The molecule has 0 fully saturated rings. The van der Waals surface area contributed by atoms with E-state index in [4.69, 9.17) is 15.2 Å². The third kappa shape index (κ3) is 6.90. The maximum atomic E-state index is 11.2. The Balaban J connectivity index is 4.18. The number of rotatable bonds is 10. The summed E-state index contributed by atoms with van der Waals surface area (Å²) >= 11 is 0. The lowest BCUT2D eigenvalue weighted by atomic mass is 10.2. The summed E-state index contributed by atoms with van der Waals surface area (Å²) in [6, 6.07) is -0.315. The summed E-state index contributed by atoms with van der Waals surface area (Å²) in [4.78, 5) is 13.4. The summed E-state index contributed by atoms with van der Waals surface area (Å²) in [5, 5.41) is 0. The van der Waals surface area contributed by atoms with E-state index in [-0.39, 0.29) is 12.0 Å². The molecule has 2 N–H and O–H groups in total. The van der Waals surface area contributed by atoms with Crippen molar-refractivity contribution in [1.29, 1.82) is 0 Å². The van der Waals surface area contributed by atoms with Gasteiger partial charge in [-0.2, -0.15) is 0 Å². The van der Waals surface area contributed by atoms with Gasteiger partial charge in [-0.05, 0) is 13.3 Å². The Bertz CT molecular complexity index is 226. The molecule has 6 heteroatoms. The van der Waals surface area contributed by atoms with E-state index >= 15 is 0 Å². The van der Waals surface area contributed by atoms with Crippen molar-refractivity contribution in [3.8, 4) is 0 Å². The first-order valence-corrected chi connectivity index (χ1v) is 6.12. The molecule has 0 rings (SSSR count). The van der Waals surface area contributed by atoms with Gasteiger partial charge in [0.1, 0.15) is 6.04 Å². The number of methoxy groups -OCH3 is 3. The maximum absolute atomic E-state index is 11.2. The molecule has 0 bridgehead atoms. The Kier molecular flexibility index (Phi) is 9.86. The maximum Gasteiger partial charge on any atom is 0.322 e. The van der Waals surface area contributed by atoms with Crippen LogP contribution >= 0.6 is 0 Å². The minimum absolute atomic E-state index is 0.259. The van der Waals surface area contributed by atoms with Gasteiger partial charge in [-0.1, -0.05) is 0 Å². The van der Waals surface area contributed by atoms with Crippen molar-refractivity contribution in [3.63, 3.8) is 0 Å². The number of carbonyl (C=O) groups is 1. The molecule has 0 aliphatic carbocycles. The molecule has 0 aliphatic rings. The molecule has 108 valence electrons. The van der Waals surface area contributed by atoms with Gasteiger partial charge >= 0.3 is 5.97 Å². The van der Waals surface area contributed by atoms with Gasteiger partial charge in [-0.3, -0.25) is 9.69 Å². The Morgan fingerprint density at radius 3 is 2.39 bits per heavy atom. The van der Waals surface area contributed by atoms with Gasteiger partial charge in [0.15, 0.2) is 0 Å². The molecule has 0 spiro atoms. The van der Waals surface area contributed by atoms with Crippen LogP contribution in [0.15, 0.2) is 0 Å². The quantitative estimate of drug-likeness (QED) is 0.552. The zero-order valence-corrected chi connectivity index (χ0v) is 11.8. The van der Waals surface area contributed by atoms with Gasteiger partial charge in [0.25, 0.3) is 0 Å². The van der Waals surface area contributed by atoms with Crippen LogP contribution in [-0.2, 0) is 19.0 Å². The number of nitrogens with two attached hydrogens (primary N) is 1. The fourth-order valence-electron chi connectivity index (χ4n) is 1.68. The molecule has 0 amide bonds. The number of carbonyl (C=O) groups excluding carboxylic acids is 1. The van der Waals surface area contributed by atoms with Crippen LogP contribution < -0.4 is 5.73 Å².